The Labute approximate surface area is 222 Å². The molecule has 1 amide bonds. The lowest BCUT2D eigenvalue weighted by molar-refractivity contribution is 0.102. The Balaban J connectivity index is 1.79. The van der Waals surface area contributed by atoms with Crippen LogP contribution in [0.5, 0.6) is 11.5 Å². The van der Waals surface area contributed by atoms with Gasteiger partial charge in [-0.2, -0.15) is 8.42 Å². The number of nitrogens with one attached hydrogen (secondary N) is 1. The maximum atomic E-state index is 13.2. The number of fused-ring (bicyclic) bond motifs is 1. The number of nitrogens with zero attached hydrogens (tertiary/aromatic N) is 2. The van der Waals surface area contributed by atoms with Crippen LogP contribution in [0.3, 0.4) is 0 Å². The van der Waals surface area contributed by atoms with Crippen LogP contribution in [-0.4, -0.2) is 31.1 Å². The minimum Gasteiger partial charge on any atom is -0.505 e. The number of aromatic hydroxyl groups is 1. The standard InChI is InChI=1S/C25H19Cl2N3O6S/c1-13-21(37(33,34)35)10-9-19(22(13)27)29-30-23-16-6-4-3-5-14(16)11-17(24(23)31)25(32)28-18-8-7-15(26)12-20(18)36-2/h3-12,31H,1-2H3,(H,28,32)(H,33,34,35). The van der Waals surface area contributed by atoms with E-state index in [0.29, 0.717) is 27.2 Å². The first-order valence-electron chi connectivity index (χ1n) is 10.6. The first-order valence-corrected chi connectivity index (χ1v) is 12.8. The van der Waals surface area contributed by atoms with E-state index in [1.54, 1.807) is 36.4 Å². The van der Waals surface area contributed by atoms with Crippen molar-refractivity contribution in [2.75, 3.05) is 12.4 Å². The number of phenols is 1. The zero-order valence-corrected chi connectivity index (χ0v) is 21.7. The third kappa shape index (κ3) is 5.37. The zero-order valence-electron chi connectivity index (χ0n) is 19.4. The molecule has 0 saturated heterocycles. The fourth-order valence-electron chi connectivity index (χ4n) is 3.66. The summed E-state index contributed by atoms with van der Waals surface area (Å²) >= 11 is 12.3. The molecule has 0 bridgehead atoms. The SMILES string of the molecule is COc1cc(Cl)ccc1NC(=O)c1cc2ccccc2c(N=Nc2ccc(S(=O)(=O)O)c(C)c2Cl)c1O. The van der Waals surface area contributed by atoms with Crippen molar-refractivity contribution < 1.29 is 27.6 Å². The lowest BCUT2D eigenvalue weighted by atomic mass is 10.0. The van der Waals surface area contributed by atoms with Gasteiger partial charge in [-0.25, -0.2) is 0 Å². The quantitative estimate of drug-likeness (QED) is 0.170. The average Bonchev–Trinajstić information content (AvgIpc) is 2.85. The van der Waals surface area contributed by atoms with Gasteiger partial charge in [0.15, 0.2) is 5.75 Å². The highest BCUT2D eigenvalue weighted by atomic mass is 35.5. The molecular formula is C25H19Cl2N3O6S. The summed E-state index contributed by atoms with van der Waals surface area (Å²) in [4.78, 5) is 12.8. The van der Waals surface area contributed by atoms with Gasteiger partial charge in [0.05, 0.1) is 28.3 Å². The molecule has 0 aliphatic rings. The van der Waals surface area contributed by atoms with Gasteiger partial charge in [0.2, 0.25) is 0 Å². The number of benzene rings is 4. The van der Waals surface area contributed by atoms with Crippen LogP contribution in [0.1, 0.15) is 15.9 Å². The van der Waals surface area contributed by atoms with Crippen LogP contribution >= 0.6 is 23.2 Å². The van der Waals surface area contributed by atoms with Crippen molar-refractivity contribution in [3.05, 3.63) is 81.8 Å². The van der Waals surface area contributed by atoms with E-state index in [9.17, 15) is 22.9 Å². The molecule has 0 radical (unpaired) electrons. The van der Waals surface area contributed by atoms with Gasteiger partial charge < -0.3 is 15.2 Å². The molecule has 0 aromatic heterocycles. The number of carbonyl (C=O) groups excluding carboxylic acids is 1. The molecule has 12 heteroatoms. The fraction of sp³-hybridized carbons (Fsp3) is 0.0800. The maximum absolute atomic E-state index is 13.2. The summed E-state index contributed by atoms with van der Waals surface area (Å²) in [6, 6.07) is 15.5. The molecule has 0 heterocycles. The molecule has 0 saturated carbocycles. The van der Waals surface area contributed by atoms with Gasteiger partial charge in [-0.05, 0) is 48.2 Å². The topological polar surface area (TPSA) is 138 Å². The molecule has 3 N–H and O–H groups in total. The maximum Gasteiger partial charge on any atom is 0.294 e. The molecule has 4 rings (SSSR count). The van der Waals surface area contributed by atoms with Crippen molar-refractivity contribution in [2.45, 2.75) is 11.8 Å². The summed E-state index contributed by atoms with van der Waals surface area (Å²) in [6.45, 7) is 1.41. The first-order chi connectivity index (χ1) is 17.5. The highest BCUT2D eigenvalue weighted by Crippen LogP contribution is 2.41. The van der Waals surface area contributed by atoms with Crippen molar-refractivity contribution in [3.63, 3.8) is 0 Å². The van der Waals surface area contributed by atoms with Gasteiger partial charge in [-0.3, -0.25) is 9.35 Å². The van der Waals surface area contributed by atoms with E-state index in [-0.39, 0.29) is 32.4 Å². The molecule has 4 aromatic rings. The van der Waals surface area contributed by atoms with E-state index < -0.39 is 21.8 Å². The van der Waals surface area contributed by atoms with Crippen LogP contribution in [0.4, 0.5) is 17.1 Å². The number of carbonyl (C=O) groups is 1. The van der Waals surface area contributed by atoms with E-state index >= 15 is 0 Å². The monoisotopic (exact) mass is 559 g/mol. The number of anilines is 1. The summed E-state index contributed by atoms with van der Waals surface area (Å²) in [5, 5.41) is 23.5. The van der Waals surface area contributed by atoms with E-state index in [1.165, 1.54) is 32.2 Å². The number of phenolic OH excluding ortho intramolecular Hbond substituents is 1. The fourth-order valence-corrected chi connectivity index (χ4v) is 4.81. The molecule has 0 fully saturated rings. The predicted molar refractivity (Wildman–Crippen MR) is 142 cm³/mol. The highest BCUT2D eigenvalue weighted by molar-refractivity contribution is 7.85. The largest absolute Gasteiger partial charge is 0.505 e. The second-order valence-corrected chi connectivity index (χ2v) is 10.0. The molecule has 4 aromatic carbocycles. The zero-order chi connectivity index (χ0) is 26.9. The van der Waals surface area contributed by atoms with Gasteiger partial charge in [0.1, 0.15) is 17.1 Å². The Hall–Kier alpha value is -3.70. The molecule has 0 unspecified atom stereocenters. The van der Waals surface area contributed by atoms with Crippen LogP contribution in [0.25, 0.3) is 10.8 Å². The molecule has 0 atom stereocenters. The van der Waals surface area contributed by atoms with Crippen molar-refractivity contribution in [1.29, 1.82) is 0 Å². The van der Waals surface area contributed by atoms with Gasteiger partial charge in [-0.1, -0.05) is 47.5 Å². The summed E-state index contributed by atoms with van der Waals surface area (Å²) in [5.41, 5.74) is 0.442. The van der Waals surface area contributed by atoms with Crippen LogP contribution in [0, 0.1) is 6.92 Å². The molecule has 9 nitrogen and oxygen atoms in total. The van der Waals surface area contributed by atoms with E-state index in [2.05, 4.69) is 15.5 Å². The van der Waals surface area contributed by atoms with Crippen molar-refractivity contribution in [1.82, 2.24) is 0 Å². The third-order valence-corrected chi connectivity index (χ3v) is 7.21. The van der Waals surface area contributed by atoms with Gasteiger partial charge in [0, 0.05) is 16.5 Å². The minimum absolute atomic E-state index is 0.00102. The number of hydrogen-bond acceptors (Lipinski definition) is 7. The number of methoxy groups -OCH3 is 1. The van der Waals surface area contributed by atoms with Gasteiger partial charge in [0.25, 0.3) is 16.0 Å². The minimum atomic E-state index is -4.48. The lowest BCUT2D eigenvalue weighted by Crippen LogP contribution is -2.13. The van der Waals surface area contributed by atoms with Crippen molar-refractivity contribution in [2.24, 2.45) is 10.2 Å². The summed E-state index contributed by atoms with van der Waals surface area (Å²) in [5.74, 6) is -0.735. The van der Waals surface area contributed by atoms with Crippen LogP contribution in [0.2, 0.25) is 10.0 Å². The van der Waals surface area contributed by atoms with E-state index in [4.69, 9.17) is 27.9 Å². The number of hydrogen-bond donors (Lipinski definition) is 3. The number of halogens is 2. The summed E-state index contributed by atoms with van der Waals surface area (Å²) in [7, 11) is -3.05. The Kier molecular flexibility index (Phi) is 7.37. The number of rotatable bonds is 6. The molecule has 0 aliphatic heterocycles. The van der Waals surface area contributed by atoms with Crippen LogP contribution < -0.4 is 10.1 Å². The summed E-state index contributed by atoms with van der Waals surface area (Å²) < 4.78 is 37.7. The third-order valence-electron chi connectivity index (χ3n) is 5.50. The second-order valence-electron chi connectivity index (χ2n) is 7.84. The lowest BCUT2D eigenvalue weighted by Gasteiger charge is -2.13. The number of amides is 1. The Morgan fingerprint density at radius 3 is 2.46 bits per heavy atom. The molecule has 190 valence electrons. The predicted octanol–water partition coefficient (Wildman–Crippen LogP) is 7.08. The van der Waals surface area contributed by atoms with Crippen molar-refractivity contribution in [3.8, 4) is 11.5 Å². The van der Waals surface area contributed by atoms with E-state index in [0.717, 1.165) is 6.07 Å². The number of ether oxygens (including phenoxy) is 1. The summed E-state index contributed by atoms with van der Waals surface area (Å²) in [6.07, 6.45) is 0. The Morgan fingerprint density at radius 1 is 1.03 bits per heavy atom. The van der Waals surface area contributed by atoms with Gasteiger partial charge in [-0.15, -0.1) is 10.2 Å². The first kappa shape index (κ1) is 26.4. The smallest absolute Gasteiger partial charge is 0.294 e. The highest BCUT2D eigenvalue weighted by Gasteiger charge is 2.21. The molecule has 0 spiro atoms. The molecule has 0 aliphatic carbocycles. The van der Waals surface area contributed by atoms with Crippen LogP contribution in [0.15, 0.2) is 75.8 Å². The average molecular weight is 560 g/mol. The van der Waals surface area contributed by atoms with Gasteiger partial charge >= 0.3 is 0 Å². The Bertz CT molecular complexity index is 1690. The van der Waals surface area contributed by atoms with E-state index in [1.807, 2.05) is 0 Å². The Morgan fingerprint density at radius 2 is 1.76 bits per heavy atom. The normalized spacial score (nSPS) is 11.7. The van der Waals surface area contributed by atoms with Crippen LogP contribution in [-0.2, 0) is 10.1 Å². The number of azo groups is 1. The molecule has 37 heavy (non-hydrogen) atoms. The second kappa shape index (κ2) is 10.3. The van der Waals surface area contributed by atoms with Crippen molar-refractivity contribution >= 4 is 67.1 Å². The molecular weight excluding hydrogens is 541 g/mol.